The van der Waals surface area contributed by atoms with Crippen LogP contribution in [-0.4, -0.2) is 37.3 Å². The molecule has 0 aliphatic rings. The number of amides is 2. The number of ether oxygens (including phenoxy) is 2. The fraction of sp³-hybridized carbons (Fsp3) is 0.375. The number of halogens is 2. The smallest absolute Gasteiger partial charge is 0.262 e. The van der Waals surface area contributed by atoms with Gasteiger partial charge in [0.1, 0.15) is 6.04 Å². The lowest BCUT2D eigenvalue weighted by molar-refractivity contribution is -0.123. The van der Waals surface area contributed by atoms with Gasteiger partial charge in [-0.25, -0.2) is 5.43 Å². The molecule has 178 valence electrons. The number of nitrogens with one attached hydrogen (secondary N) is 2. The van der Waals surface area contributed by atoms with Crippen molar-refractivity contribution in [2.45, 2.75) is 46.3 Å². The first-order chi connectivity index (χ1) is 15.6. The molecule has 1 atom stereocenters. The van der Waals surface area contributed by atoms with Gasteiger partial charge in [-0.05, 0) is 84.1 Å². The van der Waals surface area contributed by atoms with Crippen LogP contribution >= 0.6 is 27.5 Å². The molecule has 33 heavy (non-hydrogen) atoms. The molecule has 2 amide bonds. The van der Waals surface area contributed by atoms with Crippen molar-refractivity contribution in [1.29, 1.82) is 0 Å². The Morgan fingerprint density at radius 1 is 1.15 bits per heavy atom. The van der Waals surface area contributed by atoms with Crippen LogP contribution in [0, 0.1) is 5.92 Å². The number of carbonyl (C=O) groups excluding carboxylic acids is 2. The standard InChI is InChI=1S/C24H29BrClN3O4/c1-14(2)10-20(28-23(30)17-6-8-18(26)9-7-17)24(31)29-27-13-16-11-19(25)22(33-15(3)4)21(12-16)32-5/h6-9,11-15,20H,10H2,1-5H3,(H,28,30)(H,29,31). The Hall–Kier alpha value is -2.58. The van der Waals surface area contributed by atoms with Crippen molar-refractivity contribution in [3.05, 3.63) is 57.0 Å². The number of benzene rings is 2. The number of hydrogen-bond acceptors (Lipinski definition) is 5. The summed E-state index contributed by atoms with van der Waals surface area (Å²) in [5.41, 5.74) is 3.63. The highest BCUT2D eigenvalue weighted by Crippen LogP contribution is 2.37. The number of hydrogen-bond donors (Lipinski definition) is 2. The van der Waals surface area contributed by atoms with Gasteiger partial charge in [0.2, 0.25) is 0 Å². The van der Waals surface area contributed by atoms with Crippen molar-refractivity contribution in [1.82, 2.24) is 10.7 Å². The van der Waals surface area contributed by atoms with Crippen molar-refractivity contribution in [2.24, 2.45) is 11.0 Å². The average molecular weight is 539 g/mol. The summed E-state index contributed by atoms with van der Waals surface area (Å²) >= 11 is 9.36. The van der Waals surface area contributed by atoms with Gasteiger partial charge in [0, 0.05) is 10.6 Å². The molecule has 0 saturated carbocycles. The molecule has 2 rings (SSSR count). The van der Waals surface area contributed by atoms with Gasteiger partial charge in [-0.1, -0.05) is 25.4 Å². The van der Waals surface area contributed by atoms with Crippen LogP contribution in [0.1, 0.15) is 50.0 Å². The van der Waals surface area contributed by atoms with Gasteiger partial charge in [0.05, 0.1) is 23.9 Å². The molecule has 0 saturated heterocycles. The molecule has 0 aliphatic heterocycles. The van der Waals surface area contributed by atoms with Gasteiger partial charge < -0.3 is 14.8 Å². The minimum Gasteiger partial charge on any atom is -0.493 e. The highest BCUT2D eigenvalue weighted by atomic mass is 79.9. The maximum atomic E-state index is 12.7. The van der Waals surface area contributed by atoms with E-state index in [0.717, 1.165) is 0 Å². The second-order valence-corrected chi connectivity index (χ2v) is 9.39. The van der Waals surface area contributed by atoms with Crippen molar-refractivity contribution in [3.63, 3.8) is 0 Å². The van der Waals surface area contributed by atoms with Crippen molar-refractivity contribution in [3.8, 4) is 11.5 Å². The van der Waals surface area contributed by atoms with Crippen LogP contribution < -0.4 is 20.2 Å². The van der Waals surface area contributed by atoms with Gasteiger partial charge >= 0.3 is 0 Å². The predicted octanol–water partition coefficient (Wildman–Crippen LogP) is 5.19. The molecule has 0 fully saturated rings. The molecule has 7 nitrogen and oxygen atoms in total. The Balaban J connectivity index is 2.10. The van der Waals surface area contributed by atoms with Crippen molar-refractivity contribution >= 4 is 45.6 Å². The first kappa shape index (κ1) is 26.7. The first-order valence-corrected chi connectivity index (χ1v) is 11.7. The van der Waals surface area contributed by atoms with Gasteiger partial charge in [-0.3, -0.25) is 9.59 Å². The number of carbonyl (C=O) groups is 2. The van der Waals surface area contributed by atoms with Gasteiger partial charge in [-0.15, -0.1) is 0 Å². The van der Waals surface area contributed by atoms with Gasteiger partial charge in [-0.2, -0.15) is 5.10 Å². The number of hydrazone groups is 1. The summed E-state index contributed by atoms with van der Waals surface area (Å²) in [6.07, 6.45) is 1.94. The summed E-state index contributed by atoms with van der Waals surface area (Å²) in [6.45, 7) is 7.80. The van der Waals surface area contributed by atoms with Gasteiger partial charge in [0.25, 0.3) is 11.8 Å². The summed E-state index contributed by atoms with van der Waals surface area (Å²) in [4.78, 5) is 25.3. The summed E-state index contributed by atoms with van der Waals surface area (Å²) in [6, 6.07) is 9.30. The largest absolute Gasteiger partial charge is 0.493 e. The topological polar surface area (TPSA) is 89.0 Å². The highest BCUT2D eigenvalue weighted by molar-refractivity contribution is 9.10. The Bertz CT molecular complexity index is 994. The summed E-state index contributed by atoms with van der Waals surface area (Å²) in [5.74, 6) is 0.553. The van der Waals surface area contributed by atoms with E-state index in [2.05, 4.69) is 31.8 Å². The molecule has 0 aromatic heterocycles. The molecule has 2 aromatic carbocycles. The zero-order valence-corrected chi connectivity index (χ0v) is 21.7. The van der Waals surface area contributed by atoms with Crippen LogP contribution in [0.3, 0.4) is 0 Å². The molecule has 2 N–H and O–H groups in total. The van der Waals surface area contributed by atoms with Gasteiger partial charge in [0.15, 0.2) is 11.5 Å². The van der Waals surface area contributed by atoms with Crippen LogP contribution in [0.2, 0.25) is 5.02 Å². The Morgan fingerprint density at radius 3 is 2.39 bits per heavy atom. The second kappa shape index (κ2) is 12.6. The Morgan fingerprint density at radius 2 is 1.82 bits per heavy atom. The third-order valence-corrected chi connectivity index (χ3v) is 5.27. The van der Waals surface area contributed by atoms with Crippen molar-refractivity contribution in [2.75, 3.05) is 7.11 Å². The molecule has 0 bridgehead atoms. The minimum absolute atomic E-state index is 0.0185. The molecular formula is C24H29BrClN3O4. The molecule has 2 aromatic rings. The lowest BCUT2D eigenvalue weighted by atomic mass is 10.0. The van der Waals surface area contributed by atoms with E-state index in [1.165, 1.54) is 6.21 Å². The average Bonchev–Trinajstić information content (AvgIpc) is 2.74. The third-order valence-electron chi connectivity index (χ3n) is 4.43. The van der Waals surface area contributed by atoms with Crippen LogP contribution in [0.5, 0.6) is 11.5 Å². The van der Waals surface area contributed by atoms with Crippen LogP contribution in [0.15, 0.2) is 46.0 Å². The monoisotopic (exact) mass is 537 g/mol. The molecule has 1 unspecified atom stereocenters. The van der Waals surface area contributed by atoms with E-state index in [1.807, 2.05) is 33.8 Å². The molecule has 0 radical (unpaired) electrons. The third kappa shape index (κ3) is 8.37. The molecule has 0 aliphatic carbocycles. The summed E-state index contributed by atoms with van der Waals surface area (Å²) < 4.78 is 11.9. The van der Waals surface area contributed by atoms with E-state index in [1.54, 1.807) is 37.4 Å². The van der Waals surface area contributed by atoms with Crippen LogP contribution in [0.25, 0.3) is 0 Å². The maximum Gasteiger partial charge on any atom is 0.262 e. The molecule has 0 heterocycles. The number of nitrogens with zero attached hydrogens (tertiary/aromatic N) is 1. The van der Waals surface area contributed by atoms with Crippen LogP contribution in [0.4, 0.5) is 0 Å². The summed E-state index contributed by atoms with van der Waals surface area (Å²) in [7, 11) is 1.55. The lowest BCUT2D eigenvalue weighted by Gasteiger charge is -2.19. The van der Waals surface area contributed by atoms with E-state index in [9.17, 15) is 9.59 Å². The van der Waals surface area contributed by atoms with E-state index in [0.29, 0.717) is 38.5 Å². The minimum atomic E-state index is -0.742. The van der Waals surface area contributed by atoms with E-state index in [-0.39, 0.29) is 17.9 Å². The Kier molecular flexibility index (Phi) is 10.2. The number of methoxy groups -OCH3 is 1. The molecule has 9 heteroatoms. The highest BCUT2D eigenvalue weighted by Gasteiger charge is 2.22. The zero-order chi connectivity index (χ0) is 24.5. The predicted molar refractivity (Wildman–Crippen MR) is 134 cm³/mol. The van der Waals surface area contributed by atoms with E-state index < -0.39 is 11.9 Å². The lowest BCUT2D eigenvalue weighted by Crippen LogP contribution is -2.46. The molecule has 0 spiro atoms. The zero-order valence-electron chi connectivity index (χ0n) is 19.3. The van der Waals surface area contributed by atoms with E-state index in [4.69, 9.17) is 21.1 Å². The fourth-order valence-electron chi connectivity index (χ4n) is 2.96. The first-order valence-electron chi connectivity index (χ1n) is 10.5. The molecular weight excluding hydrogens is 510 g/mol. The SMILES string of the molecule is COc1cc(C=NNC(=O)C(CC(C)C)NC(=O)c2ccc(Cl)cc2)cc(Br)c1OC(C)C. The summed E-state index contributed by atoms with van der Waals surface area (Å²) in [5, 5.41) is 7.36. The number of rotatable bonds is 10. The quantitative estimate of drug-likeness (QED) is 0.322. The Labute approximate surface area is 208 Å². The fourth-order valence-corrected chi connectivity index (χ4v) is 3.64. The second-order valence-electron chi connectivity index (χ2n) is 8.10. The van der Waals surface area contributed by atoms with Crippen LogP contribution in [-0.2, 0) is 4.79 Å². The maximum absolute atomic E-state index is 12.7. The van der Waals surface area contributed by atoms with E-state index >= 15 is 0 Å². The van der Waals surface area contributed by atoms with Crippen molar-refractivity contribution < 1.29 is 19.1 Å². The normalized spacial score (nSPS) is 12.2.